The Balaban J connectivity index is 1.69. The number of thiophene rings is 1. The van der Waals surface area contributed by atoms with Crippen LogP contribution in [0.15, 0.2) is 22.0 Å². The summed E-state index contributed by atoms with van der Waals surface area (Å²) in [5.74, 6) is 1.50. The first-order valence-corrected chi connectivity index (χ1v) is 8.13. The number of aromatic nitrogens is 2. The quantitative estimate of drug-likeness (QED) is 0.717. The third-order valence-electron chi connectivity index (χ3n) is 2.50. The van der Waals surface area contributed by atoms with Gasteiger partial charge in [0, 0.05) is 12.2 Å². The van der Waals surface area contributed by atoms with Crippen LogP contribution in [0.3, 0.4) is 0 Å². The third-order valence-corrected chi connectivity index (χ3v) is 4.54. The maximum absolute atomic E-state index is 10.5. The first kappa shape index (κ1) is 15.0. The summed E-state index contributed by atoms with van der Waals surface area (Å²) < 4.78 is 5.17. The number of aryl methyl sites for hydroxylation is 1. The van der Waals surface area contributed by atoms with Crippen LogP contribution in [-0.2, 0) is 11.2 Å². The zero-order valence-electron chi connectivity index (χ0n) is 10.7. The van der Waals surface area contributed by atoms with Gasteiger partial charge in [-0.1, -0.05) is 11.2 Å². The van der Waals surface area contributed by atoms with Crippen molar-refractivity contribution >= 4 is 29.1 Å². The molecule has 3 N–H and O–H groups in total. The molecule has 2 heterocycles. The van der Waals surface area contributed by atoms with Crippen LogP contribution in [0.4, 0.5) is 0 Å². The fraction of sp³-hybridized carbons (Fsp3) is 0.417. The van der Waals surface area contributed by atoms with Gasteiger partial charge in [0.15, 0.2) is 0 Å². The first-order chi connectivity index (χ1) is 9.66. The van der Waals surface area contributed by atoms with Gasteiger partial charge >= 0.3 is 5.97 Å². The molecule has 0 aliphatic rings. The topological polar surface area (TPSA) is 102 Å². The molecule has 0 bridgehead atoms. The van der Waals surface area contributed by atoms with E-state index in [1.807, 2.05) is 17.5 Å². The SMILES string of the molecule is NC(CSCCCc1nc(-c2cccs2)no1)C(=O)O. The Labute approximate surface area is 124 Å². The van der Waals surface area contributed by atoms with Crippen LogP contribution in [0.25, 0.3) is 10.7 Å². The Morgan fingerprint density at radius 2 is 2.45 bits per heavy atom. The van der Waals surface area contributed by atoms with Crippen LogP contribution < -0.4 is 5.73 Å². The summed E-state index contributed by atoms with van der Waals surface area (Å²) in [6.45, 7) is 0. The smallest absolute Gasteiger partial charge is 0.321 e. The number of carboxylic acid groups (broad SMARTS) is 1. The summed E-state index contributed by atoms with van der Waals surface area (Å²) in [4.78, 5) is 15.8. The van der Waals surface area contributed by atoms with Crippen molar-refractivity contribution in [1.82, 2.24) is 10.1 Å². The average molecular weight is 313 g/mol. The van der Waals surface area contributed by atoms with Gasteiger partial charge in [0.2, 0.25) is 11.7 Å². The van der Waals surface area contributed by atoms with Crippen LogP contribution in [0.5, 0.6) is 0 Å². The van der Waals surface area contributed by atoms with Crippen molar-refractivity contribution in [2.45, 2.75) is 18.9 Å². The summed E-state index contributed by atoms with van der Waals surface area (Å²) in [5, 5.41) is 14.5. The predicted molar refractivity (Wildman–Crippen MR) is 78.9 cm³/mol. The monoisotopic (exact) mass is 313 g/mol. The van der Waals surface area contributed by atoms with E-state index in [0.29, 0.717) is 23.9 Å². The number of nitrogens with zero attached hydrogens (tertiary/aromatic N) is 2. The zero-order chi connectivity index (χ0) is 14.4. The number of rotatable bonds is 8. The van der Waals surface area contributed by atoms with Gasteiger partial charge in [-0.25, -0.2) is 0 Å². The fourth-order valence-electron chi connectivity index (χ4n) is 1.47. The van der Waals surface area contributed by atoms with Gasteiger partial charge in [-0.05, 0) is 23.6 Å². The normalized spacial score (nSPS) is 12.4. The Morgan fingerprint density at radius 1 is 1.60 bits per heavy atom. The molecule has 0 aliphatic carbocycles. The Bertz CT molecular complexity index is 542. The summed E-state index contributed by atoms with van der Waals surface area (Å²) in [5.41, 5.74) is 5.41. The van der Waals surface area contributed by atoms with E-state index in [2.05, 4.69) is 10.1 Å². The molecule has 1 unspecified atom stereocenters. The molecular weight excluding hydrogens is 298 g/mol. The lowest BCUT2D eigenvalue weighted by Gasteiger charge is -2.04. The average Bonchev–Trinajstić information content (AvgIpc) is 3.08. The second-order valence-corrected chi connectivity index (χ2v) is 6.21. The van der Waals surface area contributed by atoms with Gasteiger partial charge in [-0.3, -0.25) is 4.79 Å². The molecular formula is C12H15N3O3S2. The third kappa shape index (κ3) is 4.32. The molecule has 0 amide bonds. The van der Waals surface area contributed by atoms with Crippen molar-refractivity contribution in [3.63, 3.8) is 0 Å². The van der Waals surface area contributed by atoms with E-state index in [-0.39, 0.29) is 0 Å². The lowest BCUT2D eigenvalue weighted by atomic mass is 10.3. The van der Waals surface area contributed by atoms with Crippen molar-refractivity contribution in [3.05, 3.63) is 23.4 Å². The lowest BCUT2D eigenvalue weighted by molar-refractivity contribution is -0.137. The molecule has 0 aromatic carbocycles. The molecule has 108 valence electrons. The van der Waals surface area contributed by atoms with Crippen molar-refractivity contribution in [3.8, 4) is 10.7 Å². The molecule has 0 saturated heterocycles. The molecule has 6 nitrogen and oxygen atoms in total. The van der Waals surface area contributed by atoms with E-state index >= 15 is 0 Å². The number of carbonyl (C=O) groups is 1. The molecule has 2 aromatic heterocycles. The molecule has 0 aliphatic heterocycles. The van der Waals surface area contributed by atoms with Gasteiger partial charge < -0.3 is 15.4 Å². The Kier molecular flexibility index (Phi) is 5.57. The minimum Gasteiger partial charge on any atom is -0.480 e. The summed E-state index contributed by atoms with van der Waals surface area (Å²) in [6.07, 6.45) is 1.54. The minimum absolute atomic E-state index is 0.416. The van der Waals surface area contributed by atoms with E-state index in [1.54, 1.807) is 11.3 Å². The maximum atomic E-state index is 10.5. The van der Waals surface area contributed by atoms with Crippen molar-refractivity contribution in [1.29, 1.82) is 0 Å². The molecule has 0 spiro atoms. The summed E-state index contributed by atoms with van der Waals surface area (Å²) in [7, 11) is 0. The van der Waals surface area contributed by atoms with Gasteiger partial charge in [0.1, 0.15) is 6.04 Å². The van der Waals surface area contributed by atoms with E-state index in [0.717, 1.165) is 17.1 Å². The first-order valence-electron chi connectivity index (χ1n) is 6.09. The van der Waals surface area contributed by atoms with Crippen LogP contribution in [-0.4, -0.2) is 38.8 Å². The van der Waals surface area contributed by atoms with Gasteiger partial charge in [-0.15, -0.1) is 11.3 Å². The number of thioether (sulfide) groups is 1. The van der Waals surface area contributed by atoms with Crippen molar-refractivity contribution in [2.24, 2.45) is 5.73 Å². The van der Waals surface area contributed by atoms with Gasteiger partial charge in [-0.2, -0.15) is 16.7 Å². The lowest BCUT2D eigenvalue weighted by Crippen LogP contribution is -2.32. The predicted octanol–water partition coefficient (Wildman–Crippen LogP) is 1.88. The van der Waals surface area contributed by atoms with Crippen molar-refractivity contribution in [2.75, 3.05) is 11.5 Å². The second-order valence-electron chi connectivity index (χ2n) is 4.11. The molecule has 2 aromatic rings. The molecule has 0 saturated carbocycles. The number of hydrogen-bond donors (Lipinski definition) is 2. The van der Waals surface area contributed by atoms with E-state index in [4.69, 9.17) is 15.4 Å². The standard InChI is InChI=1S/C12H15N3O3S2/c13-8(12(16)17)7-19-5-2-4-10-14-11(15-18-10)9-3-1-6-20-9/h1,3,6,8H,2,4-5,7,13H2,(H,16,17). The van der Waals surface area contributed by atoms with E-state index < -0.39 is 12.0 Å². The van der Waals surface area contributed by atoms with E-state index in [9.17, 15) is 4.79 Å². The highest BCUT2D eigenvalue weighted by Gasteiger charge is 2.11. The highest BCUT2D eigenvalue weighted by Crippen LogP contribution is 2.21. The van der Waals surface area contributed by atoms with Crippen LogP contribution in [0.1, 0.15) is 12.3 Å². The molecule has 1 atom stereocenters. The minimum atomic E-state index is -0.963. The van der Waals surface area contributed by atoms with Gasteiger partial charge in [0.05, 0.1) is 4.88 Å². The molecule has 0 radical (unpaired) electrons. The molecule has 8 heteroatoms. The summed E-state index contributed by atoms with van der Waals surface area (Å²) >= 11 is 3.09. The van der Waals surface area contributed by atoms with Crippen LogP contribution in [0.2, 0.25) is 0 Å². The second kappa shape index (κ2) is 7.41. The largest absolute Gasteiger partial charge is 0.480 e. The zero-order valence-corrected chi connectivity index (χ0v) is 12.3. The van der Waals surface area contributed by atoms with Gasteiger partial charge in [0.25, 0.3) is 0 Å². The van der Waals surface area contributed by atoms with E-state index in [1.165, 1.54) is 11.8 Å². The maximum Gasteiger partial charge on any atom is 0.321 e. The molecule has 0 fully saturated rings. The fourth-order valence-corrected chi connectivity index (χ4v) is 3.03. The number of nitrogens with two attached hydrogens (primary N) is 1. The number of aliphatic carboxylic acids is 1. The Morgan fingerprint density at radius 3 is 3.15 bits per heavy atom. The van der Waals surface area contributed by atoms with Crippen LogP contribution in [0, 0.1) is 0 Å². The highest BCUT2D eigenvalue weighted by atomic mass is 32.2. The van der Waals surface area contributed by atoms with Crippen molar-refractivity contribution < 1.29 is 14.4 Å². The highest BCUT2D eigenvalue weighted by molar-refractivity contribution is 7.99. The Hall–Kier alpha value is -1.38. The number of carboxylic acids is 1. The summed E-state index contributed by atoms with van der Waals surface area (Å²) in [6, 6.07) is 3.09. The number of hydrogen-bond acceptors (Lipinski definition) is 7. The molecule has 20 heavy (non-hydrogen) atoms. The van der Waals surface area contributed by atoms with Crippen LogP contribution >= 0.6 is 23.1 Å². The molecule has 2 rings (SSSR count).